The average Bonchev–Trinajstić information content (AvgIpc) is 2.82. The van der Waals surface area contributed by atoms with Crippen molar-refractivity contribution in [2.45, 2.75) is 25.8 Å². The van der Waals surface area contributed by atoms with Gasteiger partial charge in [-0.3, -0.25) is 14.4 Å². The second-order valence-electron chi connectivity index (χ2n) is 7.63. The molecule has 0 aromatic heterocycles. The number of carbonyl (C=O) groups excluding carboxylic acids is 1. The maximum atomic E-state index is 12.5. The number of amides is 1. The molecule has 0 saturated carbocycles. The molecule has 1 fully saturated rings. The second-order valence-corrected chi connectivity index (χ2v) is 7.63. The van der Waals surface area contributed by atoms with Crippen LogP contribution < -0.4 is 31.1 Å². The van der Waals surface area contributed by atoms with E-state index in [4.69, 9.17) is 4.74 Å². The van der Waals surface area contributed by atoms with E-state index in [-0.39, 0.29) is 5.91 Å². The minimum atomic E-state index is -0.451. The van der Waals surface area contributed by atoms with Crippen LogP contribution in [0.3, 0.4) is 0 Å². The number of hydrogen-bond acceptors (Lipinski definition) is 6. The van der Waals surface area contributed by atoms with Crippen molar-refractivity contribution in [3.8, 4) is 5.75 Å². The van der Waals surface area contributed by atoms with Gasteiger partial charge < -0.3 is 20.3 Å². The average molecular weight is 419 g/mol. The van der Waals surface area contributed by atoms with Crippen molar-refractivity contribution in [2.75, 3.05) is 35.7 Å². The van der Waals surface area contributed by atoms with E-state index in [2.05, 4.69) is 10.6 Å². The summed E-state index contributed by atoms with van der Waals surface area (Å²) in [5, 5.41) is 5.96. The van der Waals surface area contributed by atoms with E-state index in [1.54, 1.807) is 31.4 Å². The minimum absolute atomic E-state index is 0.237. The first kappa shape index (κ1) is 20.7. The summed E-state index contributed by atoms with van der Waals surface area (Å²) in [4.78, 5) is 38.7. The molecule has 31 heavy (non-hydrogen) atoms. The van der Waals surface area contributed by atoms with Gasteiger partial charge in [0.2, 0.25) is 0 Å². The highest BCUT2D eigenvalue weighted by Gasteiger charge is 2.26. The summed E-state index contributed by atoms with van der Waals surface area (Å²) in [6.07, 6.45) is 3.24. The molecule has 3 aromatic carbocycles. The Kier molecular flexibility index (Phi) is 6.02. The Bertz CT molecular complexity index is 1140. The predicted octanol–water partition coefficient (Wildman–Crippen LogP) is 3.15. The van der Waals surface area contributed by atoms with Crippen molar-refractivity contribution in [1.29, 1.82) is 0 Å². The van der Waals surface area contributed by atoms with Gasteiger partial charge in [-0.2, -0.15) is 0 Å². The largest absolute Gasteiger partial charge is 0.495 e. The number of nitrogens with zero attached hydrogens (tertiary/aromatic N) is 1. The number of nitrogens with one attached hydrogen (secondary N) is 2. The zero-order valence-corrected chi connectivity index (χ0v) is 17.4. The maximum absolute atomic E-state index is 12.5. The number of piperidine rings is 1. The summed E-state index contributed by atoms with van der Waals surface area (Å²) >= 11 is 0. The summed E-state index contributed by atoms with van der Waals surface area (Å²) < 4.78 is 5.26. The highest BCUT2D eigenvalue weighted by molar-refractivity contribution is 6.05. The molecular weight excluding hydrogens is 394 g/mol. The highest BCUT2D eigenvalue weighted by Crippen LogP contribution is 2.25. The Labute approximate surface area is 180 Å². The van der Waals surface area contributed by atoms with Crippen molar-refractivity contribution in [3.05, 3.63) is 80.1 Å². The molecule has 2 N–H and O–H groups in total. The number of anilines is 3. The van der Waals surface area contributed by atoms with E-state index in [9.17, 15) is 14.4 Å². The third-order valence-corrected chi connectivity index (χ3v) is 5.60. The number of methoxy groups -OCH3 is 1. The molecule has 160 valence electrons. The number of ether oxygens (including phenoxy) is 1. The van der Waals surface area contributed by atoms with Gasteiger partial charge in [-0.25, -0.2) is 0 Å². The van der Waals surface area contributed by atoms with Gasteiger partial charge in [0, 0.05) is 25.2 Å². The molecular formula is C24H25N3O4. The molecule has 0 radical (unpaired) electrons. The Balaban J connectivity index is 1.39. The van der Waals surface area contributed by atoms with Gasteiger partial charge in [-0.05, 0) is 49.1 Å². The first-order valence-electron chi connectivity index (χ1n) is 10.4. The standard InChI is InChI=1S/C24H25N3O4/c1-31-19-8-4-3-7-18(19)26-24(30)17-11-9-16(10-12-17)15-25-20-21(23(29)22(20)28)27-13-5-2-6-14-27/h3-4,7-12,25H,2,5-6,13-15H2,1H3,(H,26,30). The van der Waals surface area contributed by atoms with Gasteiger partial charge >= 0.3 is 0 Å². The molecule has 0 bridgehead atoms. The van der Waals surface area contributed by atoms with Gasteiger partial charge in [-0.1, -0.05) is 24.3 Å². The zero-order valence-electron chi connectivity index (χ0n) is 17.4. The molecule has 4 rings (SSSR count). The van der Waals surface area contributed by atoms with Gasteiger partial charge in [0.15, 0.2) is 0 Å². The molecule has 1 aliphatic heterocycles. The lowest BCUT2D eigenvalue weighted by Crippen LogP contribution is -2.44. The molecule has 7 nitrogen and oxygen atoms in total. The zero-order chi connectivity index (χ0) is 21.8. The smallest absolute Gasteiger partial charge is 0.255 e. The van der Waals surface area contributed by atoms with Crippen LogP contribution in [-0.2, 0) is 6.54 Å². The summed E-state index contributed by atoms with van der Waals surface area (Å²) in [5.41, 5.74) is 2.11. The molecule has 0 unspecified atom stereocenters. The van der Waals surface area contributed by atoms with Crippen molar-refractivity contribution < 1.29 is 9.53 Å². The molecule has 1 aliphatic rings. The number of rotatable bonds is 7. The number of hydrogen-bond donors (Lipinski definition) is 2. The Hall–Kier alpha value is -3.61. The van der Waals surface area contributed by atoms with E-state index in [1.165, 1.54) is 0 Å². The van der Waals surface area contributed by atoms with Crippen molar-refractivity contribution in [2.24, 2.45) is 0 Å². The lowest BCUT2D eigenvalue weighted by molar-refractivity contribution is 0.102. The van der Waals surface area contributed by atoms with Crippen LogP contribution in [0.2, 0.25) is 0 Å². The number of carbonyl (C=O) groups is 1. The van der Waals surface area contributed by atoms with Crippen LogP contribution in [0.4, 0.5) is 17.1 Å². The van der Waals surface area contributed by atoms with Crippen LogP contribution in [0.25, 0.3) is 0 Å². The molecule has 0 spiro atoms. The van der Waals surface area contributed by atoms with Crippen LogP contribution in [0.5, 0.6) is 5.75 Å². The number of benzene rings is 2. The van der Waals surface area contributed by atoms with Crippen molar-refractivity contribution in [1.82, 2.24) is 0 Å². The Morgan fingerprint density at radius 1 is 0.968 bits per heavy atom. The van der Waals surface area contributed by atoms with Crippen LogP contribution in [0.15, 0.2) is 58.1 Å². The third kappa shape index (κ3) is 4.30. The van der Waals surface area contributed by atoms with Crippen LogP contribution in [0.1, 0.15) is 35.2 Å². The summed E-state index contributed by atoms with van der Waals surface area (Å²) in [7, 11) is 1.55. The van der Waals surface area contributed by atoms with E-state index in [1.807, 2.05) is 29.2 Å². The fourth-order valence-electron chi connectivity index (χ4n) is 3.87. The molecule has 0 aliphatic carbocycles. The summed E-state index contributed by atoms with van der Waals surface area (Å²) in [5.74, 6) is 0.355. The maximum Gasteiger partial charge on any atom is 0.255 e. The molecule has 1 amide bonds. The van der Waals surface area contributed by atoms with Gasteiger partial charge in [0.25, 0.3) is 16.8 Å². The van der Waals surface area contributed by atoms with E-state index < -0.39 is 10.9 Å². The summed E-state index contributed by atoms with van der Waals surface area (Å²) in [6, 6.07) is 14.3. The first-order chi connectivity index (χ1) is 15.1. The van der Waals surface area contributed by atoms with E-state index >= 15 is 0 Å². The Morgan fingerprint density at radius 2 is 1.68 bits per heavy atom. The molecule has 1 heterocycles. The SMILES string of the molecule is COc1ccccc1NC(=O)c1ccc(CNc2c(N3CCCCC3)c(=O)c2=O)cc1. The van der Waals surface area contributed by atoms with E-state index in [0.29, 0.717) is 34.9 Å². The first-order valence-corrected chi connectivity index (χ1v) is 10.4. The lowest BCUT2D eigenvalue weighted by Gasteiger charge is -2.30. The van der Waals surface area contributed by atoms with Crippen LogP contribution in [0, 0.1) is 0 Å². The minimum Gasteiger partial charge on any atom is -0.495 e. The summed E-state index contributed by atoms with van der Waals surface area (Å²) in [6.45, 7) is 2.03. The van der Waals surface area contributed by atoms with Crippen molar-refractivity contribution in [3.63, 3.8) is 0 Å². The second kappa shape index (κ2) is 9.04. The third-order valence-electron chi connectivity index (χ3n) is 5.60. The Morgan fingerprint density at radius 3 is 2.39 bits per heavy atom. The van der Waals surface area contributed by atoms with Crippen molar-refractivity contribution >= 4 is 23.0 Å². The van der Waals surface area contributed by atoms with Crippen LogP contribution in [-0.4, -0.2) is 26.1 Å². The molecule has 7 heteroatoms. The van der Waals surface area contributed by atoms with Gasteiger partial charge in [0.1, 0.15) is 17.1 Å². The normalized spacial score (nSPS) is 13.8. The quantitative estimate of drug-likeness (QED) is 0.572. The monoisotopic (exact) mass is 419 g/mol. The topological polar surface area (TPSA) is 87.7 Å². The lowest BCUT2D eigenvalue weighted by atomic mass is 10.1. The van der Waals surface area contributed by atoms with Gasteiger partial charge in [-0.15, -0.1) is 0 Å². The van der Waals surface area contributed by atoms with Gasteiger partial charge in [0.05, 0.1) is 12.8 Å². The highest BCUT2D eigenvalue weighted by atomic mass is 16.5. The molecule has 0 atom stereocenters. The fourth-order valence-corrected chi connectivity index (χ4v) is 3.87. The van der Waals surface area contributed by atoms with Crippen LogP contribution >= 0.6 is 0 Å². The fraction of sp³-hybridized carbons (Fsp3) is 0.292. The van der Waals surface area contributed by atoms with E-state index in [0.717, 1.165) is 37.9 Å². The number of para-hydroxylation sites is 2. The molecule has 1 saturated heterocycles. The predicted molar refractivity (Wildman–Crippen MR) is 122 cm³/mol. The molecule has 3 aromatic rings.